The van der Waals surface area contributed by atoms with Gasteiger partial charge in [-0.1, -0.05) is 18.2 Å². The van der Waals surface area contributed by atoms with Crippen LogP contribution in [0.4, 0.5) is 10.5 Å². The number of Topliss-reactive ketones (excluding diaryl/α,β-unsaturated/α-hetero) is 1. The van der Waals surface area contributed by atoms with Crippen molar-refractivity contribution in [3.05, 3.63) is 53.6 Å². The number of benzene rings is 2. The standard InChI is InChI=1S/C27H30N2O6/c1-33-25-16-22(35-21-8-6-20(30)7-9-21)10-11-23(25)26(31)28-14-12-19(13-15-28)29-24-5-3-2-4-18(24)17-34-27(29)32/h2-5,10-11,16,19,21H,6-9,12-15,17H2,1H3. The molecule has 1 saturated carbocycles. The van der Waals surface area contributed by atoms with Crippen LogP contribution in [-0.4, -0.2) is 55.0 Å². The minimum absolute atomic E-state index is 0.00425. The first-order valence-corrected chi connectivity index (χ1v) is 12.2. The average Bonchev–Trinajstić information content (AvgIpc) is 2.89. The lowest BCUT2D eigenvalue weighted by molar-refractivity contribution is -0.121. The molecule has 0 N–H and O–H groups in total. The van der Waals surface area contributed by atoms with E-state index in [0.717, 1.165) is 11.3 Å². The number of hydrogen-bond donors (Lipinski definition) is 0. The maximum Gasteiger partial charge on any atom is 0.414 e. The van der Waals surface area contributed by atoms with Gasteiger partial charge in [-0.25, -0.2) is 4.79 Å². The normalized spacial score (nSPS) is 19.2. The molecule has 184 valence electrons. The van der Waals surface area contributed by atoms with E-state index in [2.05, 4.69) is 0 Å². The van der Waals surface area contributed by atoms with Gasteiger partial charge >= 0.3 is 6.09 Å². The zero-order valence-corrected chi connectivity index (χ0v) is 19.9. The number of rotatable bonds is 5. The third-order valence-electron chi connectivity index (χ3n) is 7.11. The molecule has 0 radical (unpaired) electrons. The largest absolute Gasteiger partial charge is 0.496 e. The molecule has 2 fully saturated rings. The van der Waals surface area contributed by atoms with Gasteiger partial charge in [-0.15, -0.1) is 0 Å². The Morgan fingerprint density at radius 1 is 1.00 bits per heavy atom. The molecule has 2 aromatic carbocycles. The van der Waals surface area contributed by atoms with E-state index in [1.807, 2.05) is 29.2 Å². The molecular weight excluding hydrogens is 448 g/mol. The summed E-state index contributed by atoms with van der Waals surface area (Å²) in [5.41, 5.74) is 2.38. The molecule has 3 aliphatic rings. The molecule has 2 heterocycles. The van der Waals surface area contributed by atoms with Gasteiger partial charge in [-0.3, -0.25) is 14.5 Å². The van der Waals surface area contributed by atoms with Gasteiger partial charge in [-0.05, 0) is 43.9 Å². The van der Waals surface area contributed by atoms with Gasteiger partial charge in [0.15, 0.2) is 0 Å². The van der Waals surface area contributed by atoms with Gasteiger partial charge in [0.25, 0.3) is 5.91 Å². The van der Waals surface area contributed by atoms with E-state index < -0.39 is 0 Å². The Morgan fingerprint density at radius 2 is 1.74 bits per heavy atom. The Morgan fingerprint density at radius 3 is 2.49 bits per heavy atom. The second-order valence-corrected chi connectivity index (χ2v) is 9.29. The number of likely N-dealkylation sites (tertiary alicyclic amines) is 1. The number of ketones is 1. The van der Waals surface area contributed by atoms with Crippen LogP contribution in [0.1, 0.15) is 54.4 Å². The topological polar surface area (TPSA) is 85.4 Å². The summed E-state index contributed by atoms with van der Waals surface area (Å²) >= 11 is 0. The fourth-order valence-electron chi connectivity index (χ4n) is 5.16. The van der Waals surface area contributed by atoms with E-state index in [1.54, 1.807) is 30.2 Å². The second kappa shape index (κ2) is 9.98. The van der Waals surface area contributed by atoms with E-state index in [-0.39, 0.29) is 29.9 Å². The van der Waals surface area contributed by atoms with Gasteiger partial charge in [0, 0.05) is 43.6 Å². The van der Waals surface area contributed by atoms with Crippen molar-refractivity contribution < 1.29 is 28.6 Å². The summed E-state index contributed by atoms with van der Waals surface area (Å²) in [6, 6.07) is 13.1. The third kappa shape index (κ3) is 4.83. The molecule has 2 aliphatic heterocycles. The summed E-state index contributed by atoms with van der Waals surface area (Å²) in [7, 11) is 1.54. The van der Waals surface area contributed by atoms with E-state index in [0.29, 0.717) is 75.3 Å². The molecule has 8 heteroatoms. The number of carbonyl (C=O) groups excluding carboxylic acids is 3. The number of nitrogens with zero attached hydrogens (tertiary/aromatic N) is 2. The molecular formula is C27H30N2O6. The maximum atomic E-state index is 13.3. The predicted octanol–water partition coefficient (Wildman–Crippen LogP) is 4.35. The molecule has 1 saturated heterocycles. The number of hydrogen-bond acceptors (Lipinski definition) is 6. The van der Waals surface area contributed by atoms with Crippen LogP contribution in [0.3, 0.4) is 0 Å². The van der Waals surface area contributed by atoms with Crippen molar-refractivity contribution >= 4 is 23.5 Å². The number of piperidine rings is 1. The molecule has 35 heavy (non-hydrogen) atoms. The highest BCUT2D eigenvalue weighted by molar-refractivity contribution is 5.97. The van der Waals surface area contributed by atoms with E-state index in [1.165, 1.54) is 0 Å². The Hall–Kier alpha value is -3.55. The van der Waals surface area contributed by atoms with Gasteiger partial charge in [0.05, 0.1) is 24.5 Å². The van der Waals surface area contributed by atoms with Crippen LogP contribution in [0.2, 0.25) is 0 Å². The summed E-state index contributed by atoms with van der Waals surface area (Å²) in [6.45, 7) is 1.36. The number of cyclic esters (lactones) is 1. The molecule has 0 unspecified atom stereocenters. The average molecular weight is 479 g/mol. The van der Waals surface area contributed by atoms with Crippen LogP contribution < -0.4 is 14.4 Å². The van der Waals surface area contributed by atoms with Crippen LogP contribution in [0.5, 0.6) is 11.5 Å². The van der Waals surface area contributed by atoms with E-state index in [4.69, 9.17) is 14.2 Å². The van der Waals surface area contributed by atoms with Gasteiger partial charge < -0.3 is 19.1 Å². The molecule has 2 amide bonds. The summed E-state index contributed by atoms with van der Waals surface area (Å²) in [6.07, 6.45) is 3.54. The summed E-state index contributed by atoms with van der Waals surface area (Å²) in [5.74, 6) is 1.29. The molecule has 8 nitrogen and oxygen atoms in total. The number of carbonyl (C=O) groups is 3. The summed E-state index contributed by atoms with van der Waals surface area (Å²) in [5, 5.41) is 0. The quantitative estimate of drug-likeness (QED) is 0.635. The van der Waals surface area contributed by atoms with Crippen LogP contribution in [-0.2, 0) is 16.1 Å². The SMILES string of the molecule is COc1cc(OC2CCC(=O)CC2)ccc1C(=O)N1CCC(N2C(=O)OCc3ccccc32)CC1. The molecule has 0 aromatic heterocycles. The Labute approximate surface area is 204 Å². The number of fused-ring (bicyclic) bond motifs is 1. The highest BCUT2D eigenvalue weighted by Gasteiger charge is 2.35. The molecule has 1 aliphatic carbocycles. The lowest BCUT2D eigenvalue weighted by atomic mass is 9.96. The van der Waals surface area contributed by atoms with Crippen LogP contribution >= 0.6 is 0 Å². The first kappa shape index (κ1) is 23.2. The van der Waals surface area contributed by atoms with Crippen molar-refractivity contribution in [1.29, 1.82) is 0 Å². The van der Waals surface area contributed by atoms with Gasteiger partial charge in [0.1, 0.15) is 23.9 Å². The monoisotopic (exact) mass is 478 g/mol. The fourth-order valence-corrected chi connectivity index (χ4v) is 5.16. The minimum Gasteiger partial charge on any atom is -0.496 e. The maximum absolute atomic E-state index is 13.3. The fraction of sp³-hybridized carbons (Fsp3) is 0.444. The smallest absolute Gasteiger partial charge is 0.414 e. The number of amides is 2. The Bertz CT molecular complexity index is 1110. The van der Waals surface area contributed by atoms with Crippen molar-refractivity contribution in [3.8, 4) is 11.5 Å². The Kier molecular flexibility index (Phi) is 6.61. The molecule has 2 aromatic rings. The van der Waals surface area contributed by atoms with E-state index >= 15 is 0 Å². The first-order valence-electron chi connectivity index (χ1n) is 12.2. The number of para-hydroxylation sites is 1. The lowest BCUT2D eigenvalue weighted by Crippen LogP contribution is -2.50. The van der Waals surface area contributed by atoms with Crippen molar-refractivity contribution in [2.45, 2.75) is 57.3 Å². The molecule has 0 spiro atoms. The van der Waals surface area contributed by atoms with E-state index in [9.17, 15) is 14.4 Å². The molecule has 0 bridgehead atoms. The highest BCUT2D eigenvalue weighted by Crippen LogP contribution is 2.33. The number of ether oxygens (including phenoxy) is 3. The molecule has 0 atom stereocenters. The molecule has 5 rings (SSSR count). The summed E-state index contributed by atoms with van der Waals surface area (Å²) < 4.78 is 16.9. The lowest BCUT2D eigenvalue weighted by Gasteiger charge is -2.40. The first-order chi connectivity index (χ1) is 17.0. The van der Waals surface area contributed by atoms with Crippen molar-refractivity contribution in [1.82, 2.24) is 4.90 Å². The Balaban J connectivity index is 1.24. The van der Waals surface area contributed by atoms with Crippen LogP contribution in [0.25, 0.3) is 0 Å². The van der Waals surface area contributed by atoms with Crippen LogP contribution in [0.15, 0.2) is 42.5 Å². The predicted molar refractivity (Wildman–Crippen MR) is 129 cm³/mol. The minimum atomic E-state index is -0.326. The summed E-state index contributed by atoms with van der Waals surface area (Å²) in [4.78, 5) is 40.9. The van der Waals surface area contributed by atoms with Crippen molar-refractivity contribution in [2.24, 2.45) is 0 Å². The second-order valence-electron chi connectivity index (χ2n) is 9.29. The number of anilines is 1. The highest BCUT2D eigenvalue weighted by atomic mass is 16.6. The van der Waals surface area contributed by atoms with Crippen molar-refractivity contribution in [3.63, 3.8) is 0 Å². The van der Waals surface area contributed by atoms with Crippen LogP contribution in [0, 0.1) is 0 Å². The van der Waals surface area contributed by atoms with Gasteiger partial charge in [-0.2, -0.15) is 0 Å². The third-order valence-corrected chi connectivity index (χ3v) is 7.11. The van der Waals surface area contributed by atoms with Crippen molar-refractivity contribution in [2.75, 3.05) is 25.1 Å². The number of methoxy groups -OCH3 is 1. The zero-order chi connectivity index (χ0) is 24.4. The van der Waals surface area contributed by atoms with Gasteiger partial charge in [0.2, 0.25) is 0 Å². The zero-order valence-electron chi connectivity index (χ0n) is 19.9.